The maximum atomic E-state index is 4.51. The van der Waals surface area contributed by atoms with Crippen molar-refractivity contribution in [1.29, 1.82) is 0 Å². The number of rotatable bonds is 1. The Morgan fingerprint density at radius 2 is 2.31 bits per heavy atom. The summed E-state index contributed by atoms with van der Waals surface area (Å²) >= 11 is 1.72. The van der Waals surface area contributed by atoms with Crippen LogP contribution in [0.5, 0.6) is 0 Å². The van der Waals surface area contributed by atoms with Crippen molar-refractivity contribution in [3.8, 4) is 0 Å². The Labute approximate surface area is 81.4 Å². The van der Waals surface area contributed by atoms with Crippen LogP contribution in [-0.2, 0) is 0 Å². The second kappa shape index (κ2) is 3.29. The lowest BCUT2D eigenvalue weighted by Crippen LogP contribution is -1.84. The lowest BCUT2D eigenvalue weighted by Gasteiger charge is -1.94. The van der Waals surface area contributed by atoms with E-state index in [0.29, 0.717) is 5.92 Å². The molecule has 3 heteroatoms. The molecular formula is C10H10N2S. The normalized spacial score (nSPS) is 13.5. The van der Waals surface area contributed by atoms with E-state index in [1.807, 2.05) is 12.2 Å². The number of thiazole rings is 1. The van der Waals surface area contributed by atoms with E-state index in [-0.39, 0.29) is 0 Å². The molecule has 13 heavy (non-hydrogen) atoms. The van der Waals surface area contributed by atoms with Crippen molar-refractivity contribution in [2.24, 2.45) is 4.99 Å². The van der Waals surface area contributed by atoms with Gasteiger partial charge in [0, 0.05) is 18.2 Å². The predicted molar refractivity (Wildman–Crippen MR) is 57.1 cm³/mol. The van der Waals surface area contributed by atoms with Gasteiger partial charge in [-0.3, -0.25) is 0 Å². The van der Waals surface area contributed by atoms with E-state index in [1.165, 1.54) is 5.01 Å². The summed E-state index contributed by atoms with van der Waals surface area (Å²) in [6, 6.07) is 0. The minimum Gasteiger partial charge on any atom is -0.241 e. The van der Waals surface area contributed by atoms with E-state index in [0.717, 1.165) is 10.6 Å². The SMILES string of the molecule is CC(C)c1nc2c(s1)C=C=NC=C2. The molecule has 2 nitrogen and oxygen atoms in total. The second-order valence-electron chi connectivity index (χ2n) is 3.17. The molecule has 66 valence electrons. The van der Waals surface area contributed by atoms with Crippen LogP contribution in [0.15, 0.2) is 11.2 Å². The van der Waals surface area contributed by atoms with E-state index in [4.69, 9.17) is 0 Å². The Kier molecular flexibility index (Phi) is 2.13. The molecule has 0 saturated carbocycles. The lowest BCUT2D eigenvalue weighted by atomic mass is 10.2. The van der Waals surface area contributed by atoms with Crippen molar-refractivity contribution in [2.75, 3.05) is 0 Å². The number of aliphatic imine (C=N–C) groups is 1. The molecule has 1 aromatic heterocycles. The van der Waals surface area contributed by atoms with E-state index in [9.17, 15) is 0 Å². The van der Waals surface area contributed by atoms with Crippen LogP contribution in [0.1, 0.15) is 35.3 Å². The Balaban J connectivity index is 2.51. The second-order valence-corrected chi connectivity index (χ2v) is 4.24. The van der Waals surface area contributed by atoms with Crippen LogP contribution >= 0.6 is 11.3 Å². The highest BCUT2D eigenvalue weighted by Gasteiger charge is 2.09. The van der Waals surface area contributed by atoms with Crippen molar-refractivity contribution in [1.82, 2.24) is 4.98 Å². The Morgan fingerprint density at radius 1 is 1.46 bits per heavy atom. The summed E-state index contributed by atoms with van der Waals surface area (Å²) < 4.78 is 0. The molecule has 2 heterocycles. The molecule has 0 unspecified atom stereocenters. The molecule has 0 bridgehead atoms. The first-order chi connectivity index (χ1) is 6.27. The third kappa shape index (κ3) is 1.62. The zero-order valence-electron chi connectivity index (χ0n) is 7.61. The first-order valence-corrected chi connectivity index (χ1v) is 5.05. The van der Waals surface area contributed by atoms with E-state index >= 15 is 0 Å². The van der Waals surface area contributed by atoms with Crippen LogP contribution in [0.2, 0.25) is 0 Å². The molecule has 1 aliphatic heterocycles. The zero-order chi connectivity index (χ0) is 9.26. The van der Waals surface area contributed by atoms with Crippen molar-refractivity contribution >= 4 is 29.4 Å². The molecule has 0 aromatic carbocycles. The number of aromatic nitrogens is 1. The Morgan fingerprint density at radius 3 is 3.08 bits per heavy atom. The maximum Gasteiger partial charge on any atom is 0.0964 e. The molecular weight excluding hydrogens is 180 g/mol. The van der Waals surface area contributed by atoms with Gasteiger partial charge in [-0.05, 0) is 11.9 Å². The van der Waals surface area contributed by atoms with Crippen molar-refractivity contribution in [3.63, 3.8) is 0 Å². The van der Waals surface area contributed by atoms with Gasteiger partial charge in [-0.2, -0.15) is 0 Å². The lowest BCUT2D eigenvalue weighted by molar-refractivity contribution is 0.851. The number of hydrogen-bond acceptors (Lipinski definition) is 3. The molecule has 0 spiro atoms. The average molecular weight is 190 g/mol. The Hall–Kier alpha value is -1.18. The van der Waals surface area contributed by atoms with Crippen LogP contribution < -0.4 is 0 Å². The molecule has 0 atom stereocenters. The highest BCUT2D eigenvalue weighted by atomic mass is 32.1. The third-order valence-corrected chi connectivity index (χ3v) is 3.09. The fraction of sp³-hybridized carbons (Fsp3) is 0.300. The van der Waals surface area contributed by atoms with Crippen LogP contribution in [-0.4, -0.2) is 10.9 Å². The summed E-state index contributed by atoms with van der Waals surface area (Å²) in [5.74, 6) is 3.34. The number of hydrogen-bond donors (Lipinski definition) is 0. The van der Waals surface area contributed by atoms with E-state index in [1.54, 1.807) is 17.5 Å². The van der Waals surface area contributed by atoms with Crippen LogP contribution in [0, 0.1) is 0 Å². The standard InChI is InChI=1S/C10H10N2S/c1-7(2)10-12-8-3-5-11-6-4-9(8)13-10/h3-5,7H,1-2H3. The quantitative estimate of drug-likeness (QED) is 0.668. The molecule has 0 fully saturated rings. The van der Waals surface area contributed by atoms with Gasteiger partial charge < -0.3 is 0 Å². The number of nitrogens with zero attached hydrogens (tertiary/aromatic N) is 2. The van der Waals surface area contributed by atoms with Gasteiger partial charge in [-0.25, -0.2) is 9.98 Å². The fourth-order valence-electron chi connectivity index (χ4n) is 1.08. The third-order valence-electron chi connectivity index (χ3n) is 1.77. The summed E-state index contributed by atoms with van der Waals surface area (Å²) in [4.78, 5) is 9.58. The molecule has 0 N–H and O–H groups in total. The first-order valence-electron chi connectivity index (χ1n) is 4.23. The summed E-state index contributed by atoms with van der Waals surface area (Å²) in [6.07, 6.45) is 5.54. The van der Waals surface area contributed by atoms with Crippen LogP contribution in [0.25, 0.3) is 12.2 Å². The summed E-state index contributed by atoms with van der Waals surface area (Å²) in [7, 11) is 0. The van der Waals surface area contributed by atoms with Crippen LogP contribution in [0.4, 0.5) is 0 Å². The van der Waals surface area contributed by atoms with Gasteiger partial charge in [0.15, 0.2) is 0 Å². The molecule has 1 aromatic rings. The topological polar surface area (TPSA) is 25.2 Å². The van der Waals surface area contributed by atoms with Crippen molar-refractivity contribution in [2.45, 2.75) is 19.8 Å². The van der Waals surface area contributed by atoms with Gasteiger partial charge in [-0.1, -0.05) is 13.8 Å². The molecule has 0 radical (unpaired) electrons. The Bertz CT molecular complexity index is 407. The summed E-state index contributed by atoms with van der Waals surface area (Å²) in [5.41, 5.74) is 1.02. The minimum absolute atomic E-state index is 0.496. The summed E-state index contributed by atoms with van der Waals surface area (Å²) in [5, 5.41) is 1.18. The molecule has 1 aliphatic rings. The number of fused-ring (bicyclic) bond motifs is 1. The highest BCUT2D eigenvalue weighted by Crippen LogP contribution is 2.26. The highest BCUT2D eigenvalue weighted by molar-refractivity contribution is 7.13. The minimum atomic E-state index is 0.496. The van der Waals surface area contributed by atoms with Crippen molar-refractivity contribution in [3.05, 3.63) is 21.8 Å². The van der Waals surface area contributed by atoms with Gasteiger partial charge in [-0.15, -0.1) is 11.3 Å². The predicted octanol–water partition coefficient (Wildman–Crippen LogP) is 2.93. The van der Waals surface area contributed by atoms with Crippen molar-refractivity contribution < 1.29 is 0 Å². The first kappa shape index (κ1) is 8.42. The summed E-state index contributed by atoms with van der Waals surface area (Å²) in [6.45, 7) is 4.30. The molecule has 0 amide bonds. The molecule has 0 aliphatic carbocycles. The smallest absolute Gasteiger partial charge is 0.0964 e. The van der Waals surface area contributed by atoms with Gasteiger partial charge in [0.25, 0.3) is 0 Å². The zero-order valence-corrected chi connectivity index (χ0v) is 8.43. The largest absolute Gasteiger partial charge is 0.241 e. The van der Waals surface area contributed by atoms with Gasteiger partial charge in [0.2, 0.25) is 0 Å². The average Bonchev–Trinajstić information content (AvgIpc) is 2.38. The van der Waals surface area contributed by atoms with E-state index in [2.05, 4.69) is 29.7 Å². The van der Waals surface area contributed by atoms with E-state index < -0.39 is 0 Å². The molecule has 2 rings (SSSR count). The van der Waals surface area contributed by atoms with Gasteiger partial charge >= 0.3 is 0 Å². The maximum absolute atomic E-state index is 4.51. The van der Waals surface area contributed by atoms with Crippen LogP contribution in [0.3, 0.4) is 0 Å². The monoisotopic (exact) mass is 190 g/mol. The fourth-order valence-corrected chi connectivity index (χ4v) is 2.01. The van der Waals surface area contributed by atoms with Gasteiger partial charge in [0.05, 0.1) is 15.6 Å². The van der Waals surface area contributed by atoms with Gasteiger partial charge in [0.1, 0.15) is 0 Å². The molecule has 0 saturated heterocycles.